The van der Waals surface area contributed by atoms with Gasteiger partial charge < -0.3 is 5.73 Å². The summed E-state index contributed by atoms with van der Waals surface area (Å²) in [5, 5.41) is 0. The van der Waals surface area contributed by atoms with Crippen LogP contribution in [0.15, 0.2) is 59.5 Å². The van der Waals surface area contributed by atoms with Crippen LogP contribution in [0.2, 0.25) is 0 Å². The van der Waals surface area contributed by atoms with Crippen LogP contribution in [0.5, 0.6) is 0 Å². The molecule has 0 aliphatic rings. The summed E-state index contributed by atoms with van der Waals surface area (Å²) < 4.78 is 39.7. The Balaban J connectivity index is 2.56. The monoisotopic (exact) mass is 308 g/mol. The molecule has 0 radical (unpaired) electrons. The highest BCUT2D eigenvalue weighted by molar-refractivity contribution is 7.92. The summed E-state index contributed by atoms with van der Waals surface area (Å²) in [6.07, 6.45) is 0. The molecule has 0 spiro atoms. The molecule has 0 aliphatic heterocycles. The smallest absolute Gasteiger partial charge is 0.267 e. The zero-order valence-corrected chi connectivity index (χ0v) is 11.8. The fourth-order valence-corrected chi connectivity index (χ4v) is 3.32. The summed E-state index contributed by atoms with van der Waals surface area (Å²) >= 11 is 0. The van der Waals surface area contributed by atoms with Crippen molar-refractivity contribution in [2.45, 2.75) is 4.90 Å². The number of para-hydroxylation sites is 1. The minimum absolute atomic E-state index is 0.236. The van der Waals surface area contributed by atoms with Gasteiger partial charge in [0.1, 0.15) is 17.3 Å². The molecule has 0 saturated carbocycles. The fourth-order valence-electron chi connectivity index (χ4n) is 1.82. The van der Waals surface area contributed by atoms with Crippen molar-refractivity contribution < 1.29 is 17.6 Å². The van der Waals surface area contributed by atoms with Gasteiger partial charge in [-0.25, -0.2) is 12.8 Å². The molecule has 0 fully saturated rings. The van der Waals surface area contributed by atoms with Crippen molar-refractivity contribution in [3.8, 4) is 0 Å². The van der Waals surface area contributed by atoms with Crippen LogP contribution in [-0.4, -0.2) is 20.9 Å². The number of halogens is 1. The van der Waals surface area contributed by atoms with E-state index in [9.17, 15) is 17.6 Å². The first-order valence-electron chi connectivity index (χ1n) is 6.03. The van der Waals surface area contributed by atoms with Gasteiger partial charge in [0.25, 0.3) is 10.0 Å². The molecule has 21 heavy (non-hydrogen) atoms. The summed E-state index contributed by atoms with van der Waals surface area (Å²) in [6, 6.07) is 12.9. The molecule has 0 bridgehead atoms. The van der Waals surface area contributed by atoms with Gasteiger partial charge in [-0.05, 0) is 24.3 Å². The van der Waals surface area contributed by atoms with Gasteiger partial charge in [0.05, 0.1) is 5.69 Å². The fraction of sp³-hybridized carbons (Fsp3) is 0.0714. The third-order valence-corrected chi connectivity index (χ3v) is 4.56. The highest BCUT2D eigenvalue weighted by Gasteiger charge is 2.28. The van der Waals surface area contributed by atoms with Crippen LogP contribution in [-0.2, 0) is 14.8 Å². The molecule has 1 amide bonds. The second-order valence-corrected chi connectivity index (χ2v) is 6.07. The van der Waals surface area contributed by atoms with Gasteiger partial charge >= 0.3 is 0 Å². The molecule has 2 N–H and O–H groups in total. The molecule has 0 atom stereocenters. The van der Waals surface area contributed by atoms with E-state index < -0.39 is 33.2 Å². The zero-order chi connectivity index (χ0) is 15.5. The molecule has 2 aromatic carbocycles. The molecule has 2 aromatic rings. The van der Waals surface area contributed by atoms with Gasteiger partial charge in [0.15, 0.2) is 0 Å². The number of rotatable bonds is 5. The topological polar surface area (TPSA) is 80.5 Å². The number of hydrogen-bond donors (Lipinski definition) is 1. The lowest BCUT2D eigenvalue weighted by molar-refractivity contribution is -0.116. The van der Waals surface area contributed by atoms with E-state index in [2.05, 4.69) is 0 Å². The predicted molar refractivity (Wildman–Crippen MR) is 76.6 cm³/mol. The predicted octanol–water partition coefficient (Wildman–Crippen LogP) is 1.51. The first kappa shape index (κ1) is 15.0. The highest BCUT2D eigenvalue weighted by Crippen LogP contribution is 2.24. The quantitative estimate of drug-likeness (QED) is 0.909. The molecule has 0 unspecified atom stereocenters. The number of carbonyl (C=O) groups excluding carboxylic acids is 1. The van der Waals surface area contributed by atoms with Crippen LogP contribution >= 0.6 is 0 Å². The van der Waals surface area contributed by atoms with Crippen LogP contribution in [0, 0.1) is 5.82 Å². The van der Waals surface area contributed by atoms with Crippen molar-refractivity contribution >= 4 is 21.6 Å². The maximum Gasteiger partial charge on any atom is 0.267 e. The first-order chi connectivity index (χ1) is 9.93. The lowest BCUT2D eigenvalue weighted by Crippen LogP contribution is -2.38. The number of carbonyl (C=O) groups is 1. The maximum atomic E-state index is 13.8. The van der Waals surface area contributed by atoms with Crippen LogP contribution in [0.25, 0.3) is 0 Å². The number of nitrogens with zero attached hydrogens (tertiary/aromatic N) is 1. The average Bonchev–Trinajstić information content (AvgIpc) is 2.45. The van der Waals surface area contributed by atoms with Gasteiger partial charge in [-0.15, -0.1) is 0 Å². The van der Waals surface area contributed by atoms with Crippen LogP contribution in [0.4, 0.5) is 10.1 Å². The van der Waals surface area contributed by atoms with Crippen molar-refractivity contribution in [2.24, 2.45) is 5.73 Å². The number of nitrogens with two attached hydrogens (primary N) is 1. The van der Waals surface area contributed by atoms with Crippen molar-refractivity contribution in [2.75, 3.05) is 10.8 Å². The molecule has 0 heterocycles. The Labute approximate surface area is 121 Å². The summed E-state index contributed by atoms with van der Waals surface area (Å²) in [6.45, 7) is -0.569. The van der Waals surface area contributed by atoms with E-state index in [1.54, 1.807) is 18.2 Å². The third-order valence-electron chi connectivity index (χ3n) is 2.75. The zero-order valence-electron chi connectivity index (χ0n) is 10.9. The largest absolute Gasteiger partial charge is 0.368 e. The highest BCUT2D eigenvalue weighted by atomic mass is 32.2. The Bertz CT molecular complexity index is 748. The number of anilines is 1. The van der Waals surface area contributed by atoms with E-state index >= 15 is 0 Å². The Morgan fingerprint density at radius 3 is 2.19 bits per heavy atom. The Hall–Kier alpha value is -2.41. The number of primary amides is 1. The second-order valence-electron chi connectivity index (χ2n) is 4.24. The lowest BCUT2D eigenvalue weighted by Gasteiger charge is -2.23. The third kappa shape index (κ3) is 3.19. The molecule has 0 saturated heterocycles. The molecule has 0 aromatic heterocycles. The summed E-state index contributed by atoms with van der Waals surface area (Å²) in [7, 11) is -4.22. The Morgan fingerprint density at radius 2 is 1.62 bits per heavy atom. The van der Waals surface area contributed by atoms with Crippen molar-refractivity contribution in [3.05, 3.63) is 60.4 Å². The molecule has 7 heteroatoms. The summed E-state index contributed by atoms with van der Waals surface area (Å²) in [5.41, 5.74) is 5.34. The van der Waals surface area contributed by atoms with Crippen molar-refractivity contribution in [3.63, 3.8) is 0 Å². The van der Waals surface area contributed by atoms with E-state index in [1.807, 2.05) is 0 Å². The summed E-state index contributed by atoms with van der Waals surface area (Å²) in [5.74, 6) is -1.72. The van der Waals surface area contributed by atoms with Crippen LogP contribution < -0.4 is 10.0 Å². The second kappa shape index (κ2) is 5.92. The van der Waals surface area contributed by atoms with Gasteiger partial charge in [-0.3, -0.25) is 9.10 Å². The number of hydrogen-bond acceptors (Lipinski definition) is 3. The Kier molecular flexibility index (Phi) is 4.23. The molecular weight excluding hydrogens is 295 g/mol. The number of sulfonamides is 1. The standard InChI is InChI=1S/C14H13FN2O3S/c15-12-8-4-5-9-13(12)21(19,20)17(10-14(16)18)11-6-2-1-3-7-11/h1-9H,10H2,(H2,16,18). The summed E-state index contributed by atoms with van der Waals surface area (Å²) in [4.78, 5) is 10.7. The van der Waals surface area contributed by atoms with E-state index in [0.29, 0.717) is 0 Å². The van der Waals surface area contributed by atoms with E-state index in [4.69, 9.17) is 5.73 Å². The lowest BCUT2D eigenvalue weighted by atomic mass is 10.3. The molecule has 0 aliphatic carbocycles. The first-order valence-corrected chi connectivity index (χ1v) is 7.47. The van der Waals surface area contributed by atoms with Crippen molar-refractivity contribution in [1.82, 2.24) is 0 Å². The normalized spacial score (nSPS) is 11.1. The molecule has 2 rings (SSSR count). The average molecular weight is 308 g/mol. The molecule has 110 valence electrons. The van der Waals surface area contributed by atoms with E-state index in [-0.39, 0.29) is 5.69 Å². The molecule has 5 nitrogen and oxygen atoms in total. The minimum atomic E-state index is -4.22. The SMILES string of the molecule is NC(=O)CN(c1ccccc1)S(=O)(=O)c1ccccc1F. The van der Waals surface area contributed by atoms with Gasteiger partial charge in [-0.2, -0.15) is 0 Å². The maximum absolute atomic E-state index is 13.8. The van der Waals surface area contributed by atoms with Gasteiger partial charge in [0.2, 0.25) is 5.91 Å². The number of benzene rings is 2. The van der Waals surface area contributed by atoms with E-state index in [1.165, 1.54) is 24.3 Å². The minimum Gasteiger partial charge on any atom is -0.368 e. The van der Waals surface area contributed by atoms with E-state index in [0.717, 1.165) is 16.4 Å². The molecular formula is C14H13FN2O3S. The Morgan fingerprint density at radius 1 is 1.05 bits per heavy atom. The van der Waals surface area contributed by atoms with Gasteiger partial charge in [-0.1, -0.05) is 30.3 Å². The number of amides is 1. The van der Waals surface area contributed by atoms with Gasteiger partial charge in [0, 0.05) is 0 Å². The van der Waals surface area contributed by atoms with Crippen LogP contribution in [0.3, 0.4) is 0 Å². The van der Waals surface area contributed by atoms with Crippen molar-refractivity contribution in [1.29, 1.82) is 0 Å². The van der Waals surface area contributed by atoms with Crippen LogP contribution in [0.1, 0.15) is 0 Å².